The van der Waals surface area contributed by atoms with Gasteiger partial charge in [-0.3, -0.25) is 9.69 Å². The molecule has 1 saturated carbocycles. The molecule has 0 radical (unpaired) electrons. The van der Waals surface area contributed by atoms with Gasteiger partial charge in [-0.1, -0.05) is 36.8 Å². The van der Waals surface area contributed by atoms with Crippen molar-refractivity contribution >= 4 is 28.8 Å². The highest BCUT2D eigenvalue weighted by atomic mass is 16.5. The number of carboxylic acids is 1. The molecule has 5 rings (SSSR count). The lowest BCUT2D eigenvalue weighted by molar-refractivity contribution is -0.138. The number of aliphatic carboxylic acids is 1. The Morgan fingerprint density at radius 3 is 2.68 bits per heavy atom. The minimum Gasteiger partial charge on any atom is -0.481 e. The number of imidazole rings is 1. The van der Waals surface area contributed by atoms with E-state index in [1.54, 1.807) is 4.90 Å². The summed E-state index contributed by atoms with van der Waals surface area (Å²) < 4.78 is 7.26. The number of nitrogens with zero attached hydrogens (tertiary/aromatic N) is 4. The van der Waals surface area contributed by atoms with Gasteiger partial charge in [-0.05, 0) is 56.7 Å². The lowest BCUT2D eigenvalue weighted by atomic mass is 9.86. The third-order valence-electron chi connectivity index (χ3n) is 7.98. The van der Waals surface area contributed by atoms with E-state index in [0.717, 1.165) is 66.4 Å². The lowest BCUT2D eigenvalue weighted by Gasteiger charge is -2.34. The van der Waals surface area contributed by atoms with Crippen LogP contribution in [0.15, 0.2) is 42.5 Å². The van der Waals surface area contributed by atoms with E-state index in [9.17, 15) is 20.0 Å². The second-order valence-electron chi connectivity index (χ2n) is 10.2. The zero-order valence-electron chi connectivity index (χ0n) is 21.3. The Morgan fingerprint density at radius 1 is 1.19 bits per heavy atom. The van der Waals surface area contributed by atoms with Gasteiger partial charge >= 0.3 is 12.1 Å². The third kappa shape index (κ3) is 4.55. The summed E-state index contributed by atoms with van der Waals surface area (Å²) >= 11 is 0. The molecule has 2 aliphatic rings. The van der Waals surface area contributed by atoms with Crippen molar-refractivity contribution in [1.82, 2.24) is 9.55 Å². The first kappa shape index (κ1) is 24.8. The first-order valence-corrected chi connectivity index (χ1v) is 13.0. The van der Waals surface area contributed by atoms with Gasteiger partial charge in [-0.25, -0.2) is 9.78 Å². The number of amides is 1. The number of aromatic nitrogens is 2. The maximum absolute atomic E-state index is 12.6. The van der Waals surface area contributed by atoms with Crippen molar-refractivity contribution in [3.63, 3.8) is 0 Å². The van der Waals surface area contributed by atoms with Crippen molar-refractivity contribution < 1.29 is 19.4 Å². The minimum atomic E-state index is -0.893. The minimum absolute atomic E-state index is 0.00292. The molecule has 3 aromatic rings. The fourth-order valence-electron chi connectivity index (χ4n) is 6.11. The van der Waals surface area contributed by atoms with Gasteiger partial charge in [0.2, 0.25) is 0 Å². The van der Waals surface area contributed by atoms with Crippen molar-refractivity contribution in [2.45, 2.75) is 69.9 Å². The second kappa shape index (κ2) is 10.3. The molecule has 37 heavy (non-hydrogen) atoms. The number of aryl methyl sites for hydroxylation is 1. The Hall–Kier alpha value is -3.86. The molecule has 1 aliphatic heterocycles. The molecule has 4 atom stereocenters. The van der Waals surface area contributed by atoms with Gasteiger partial charge in [0, 0.05) is 30.0 Å². The van der Waals surface area contributed by atoms with Gasteiger partial charge in [0.1, 0.15) is 5.82 Å². The Morgan fingerprint density at radius 2 is 1.97 bits per heavy atom. The van der Waals surface area contributed by atoms with Crippen molar-refractivity contribution in [2.75, 3.05) is 12.0 Å². The average Bonchev–Trinajstić information content (AvgIpc) is 3.30. The van der Waals surface area contributed by atoms with Crippen LogP contribution in [0, 0.1) is 17.2 Å². The number of hydrogen-bond acceptors (Lipinski definition) is 5. The number of hydrogen-bond donors (Lipinski definition) is 1. The summed E-state index contributed by atoms with van der Waals surface area (Å²) in [6, 6.07) is 15.7. The number of rotatable bonds is 5. The molecule has 1 unspecified atom stereocenters. The topological polar surface area (TPSA) is 108 Å². The first-order valence-electron chi connectivity index (χ1n) is 13.0. The lowest BCUT2D eigenvalue weighted by Crippen LogP contribution is -2.42. The molecule has 2 heterocycles. The van der Waals surface area contributed by atoms with Gasteiger partial charge < -0.3 is 14.4 Å². The monoisotopic (exact) mass is 500 g/mol. The molecule has 0 saturated heterocycles. The van der Waals surface area contributed by atoms with Gasteiger partial charge in [0.05, 0.1) is 35.8 Å². The smallest absolute Gasteiger partial charge is 0.414 e. The number of carbonyl (C=O) groups excluding carboxylic acids is 1. The van der Waals surface area contributed by atoms with Gasteiger partial charge in [-0.15, -0.1) is 0 Å². The number of carboxylic acid groups (broad SMARTS) is 1. The third-order valence-corrected chi connectivity index (χ3v) is 7.98. The van der Waals surface area contributed by atoms with Crippen LogP contribution in [0.2, 0.25) is 0 Å². The summed E-state index contributed by atoms with van der Waals surface area (Å²) in [5, 5.41) is 19.8. The van der Waals surface area contributed by atoms with Crippen LogP contribution in [0.4, 0.5) is 10.5 Å². The first-order chi connectivity index (χ1) is 17.9. The summed E-state index contributed by atoms with van der Waals surface area (Å²) in [5.74, 6) is -0.946. The molecule has 0 spiro atoms. The maximum atomic E-state index is 12.6. The van der Waals surface area contributed by atoms with Crippen molar-refractivity contribution in [2.24, 2.45) is 5.92 Å². The highest BCUT2D eigenvalue weighted by Gasteiger charge is 2.34. The number of carbonyl (C=O) groups is 2. The van der Waals surface area contributed by atoms with Crippen LogP contribution < -0.4 is 4.90 Å². The summed E-state index contributed by atoms with van der Waals surface area (Å²) in [6.07, 6.45) is 4.87. The van der Waals surface area contributed by atoms with Gasteiger partial charge in [-0.2, -0.15) is 5.26 Å². The highest BCUT2D eigenvalue weighted by Crippen LogP contribution is 2.41. The summed E-state index contributed by atoms with van der Waals surface area (Å²) in [6.45, 7) is 2.01. The van der Waals surface area contributed by atoms with Crippen LogP contribution in [-0.4, -0.2) is 39.9 Å². The average molecular weight is 501 g/mol. The van der Waals surface area contributed by atoms with Crippen molar-refractivity contribution in [3.05, 3.63) is 59.4 Å². The number of methoxy groups -OCH3 is 1. The molecule has 1 aliphatic carbocycles. The fourth-order valence-corrected chi connectivity index (χ4v) is 6.11. The predicted molar refractivity (Wildman–Crippen MR) is 140 cm³/mol. The van der Waals surface area contributed by atoms with Gasteiger partial charge in [0.25, 0.3) is 0 Å². The van der Waals surface area contributed by atoms with Crippen LogP contribution in [0.5, 0.6) is 0 Å². The number of nitriles is 1. The zero-order valence-corrected chi connectivity index (χ0v) is 21.3. The molecule has 1 N–H and O–H groups in total. The SMILES string of the molecule is COC(=O)N1c2ccc3c(nc(CC(C(=O)O)c4ccccc4)n3[C@H]3CCC[C@@H](C#N)C3)c2CC[C@@H]1C. The van der Waals surface area contributed by atoms with Crippen LogP contribution in [0.1, 0.15) is 67.9 Å². The molecule has 0 bridgehead atoms. The van der Waals surface area contributed by atoms with E-state index in [-0.39, 0.29) is 24.4 Å². The van der Waals surface area contributed by atoms with E-state index in [2.05, 4.69) is 10.6 Å². The number of anilines is 1. The Kier molecular flexibility index (Phi) is 6.88. The molecular formula is C29H32N4O4. The van der Waals surface area contributed by atoms with E-state index >= 15 is 0 Å². The fraction of sp³-hybridized carbons (Fsp3) is 0.448. The Labute approximate surface area is 216 Å². The quantitative estimate of drug-likeness (QED) is 0.488. The van der Waals surface area contributed by atoms with Crippen LogP contribution >= 0.6 is 0 Å². The molecule has 2 aromatic carbocycles. The van der Waals surface area contributed by atoms with E-state index in [4.69, 9.17) is 9.72 Å². The van der Waals surface area contributed by atoms with Gasteiger partial charge in [0.15, 0.2) is 0 Å². The summed E-state index contributed by atoms with van der Waals surface area (Å²) in [4.78, 5) is 31.8. The van der Waals surface area contributed by atoms with Crippen LogP contribution in [0.3, 0.4) is 0 Å². The molecule has 192 valence electrons. The number of benzene rings is 2. The standard InChI is InChI=1S/C29H32N4O4/c1-18-11-12-22-24(32(18)29(36)37-2)13-14-25-27(22)31-26(33(25)21-10-6-7-19(15-21)17-30)16-23(28(34)35)20-8-4-3-5-9-20/h3-5,8-9,13-14,18-19,21,23H,6-7,10-12,15-16H2,1-2H3,(H,34,35)/t18-,19+,21-,23?/m0/s1. The second-order valence-corrected chi connectivity index (χ2v) is 10.2. The van der Waals surface area contributed by atoms with E-state index in [1.165, 1.54) is 7.11 Å². The molecular weight excluding hydrogens is 468 g/mol. The molecule has 1 aromatic heterocycles. The van der Waals surface area contributed by atoms with E-state index in [1.807, 2.05) is 49.4 Å². The van der Waals surface area contributed by atoms with Crippen LogP contribution in [0.25, 0.3) is 11.0 Å². The normalized spacial score (nSPS) is 22.2. The predicted octanol–water partition coefficient (Wildman–Crippen LogP) is 5.61. The van der Waals surface area contributed by atoms with E-state index < -0.39 is 18.0 Å². The maximum Gasteiger partial charge on any atom is 0.414 e. The molecule has 1 fully saturated rings. The Balaban J connectivity index is 1.66. The molecule has 1 amide bonds. The van der Waals surface area contributed by atoms with Crippen molar-refractivity contribution in [3.8, 4) is 6.07 Å². The van der Waals surface area contributed by atoms with Crippen LogP contribution in [-0.2, 0) is 22.4 Å². The molecule has 8 heteroatoms. The summed E-state index contributed by atoms with van der Waals surface area (Å²) in [7, 11) is 1.39. The summed E-state index contributed by atoms with van der Waals surface area (Å²) in [5.41, 5.74) is 4.27. The molecule has 8 nitrogen and oxygen atoms in total. The van der Waals surface area contributed by atoms with Crippen molar-refractivity contribution in [1.29, 1.82) is 5.26 Å². The zero-order chi connectivity index (χ0) is 26.1. The number of fused-ring (bicyclic) bond motifs is 3. The number of ether oxygens (including phenoxy) is 1. The Bertz CT molecular complexity index is 1360. The highest BCUT2D eigenvalue weighted by molar-refractivity contribution is 5.95. The van der Waals surface area contributed by atoms with E-state index in [0.29, 0.717) is 5.82 Å². The largest absolute Gasteiger partial charge is 0.481 e.